The van der Waals surface area contributed by atoms with Gasteiger partial charge in [0.15, 0.2) is 22.7 Å². The largest absolute Gasteiger partial charge is 0.369 e. The van der Waals surface area contributed by atoms with E-state index in [9.17, 15) is 14.4 Å². The van der Waals surface area contributed by atoms with Crippen LogP contribution in [-0.2, 0) is 4.79 Å². The smallest absolute Gasteiger partial charge is 0.248 e. The standard InChI is InChI=1S/C27H31N5O.C25H28N6O.C24H26N6O/c1-19(2)30-14-16-31(17-15-30)24-8-6-23(7-9-24)29-25-10-11-26(32-13-12-28-27(25)32)22-5-4-21(18-22)20(3)33;1-2-12-29-14-16-30(17-15-29)21-5-3-20(4-6-21)28-22-7-8-23(31-13-11-27-25(22)31)19-9-10-26-24(32)18-19;1-2-28-13-15-29(16-14-28)20-5-3-19(4-6-20)27-21-7-8-22(30-12-11-26-24(21)30)18-9-10-25-23(31)17-18/h5-13,18-19,29H,4,14-17H2,1-3H3;3-11,13,18,28H,2,12,14-17H2,1H3,(H,26,32);3-12,17,27H,2,13-16H2,1H3,(H,25,31). The fourth-order valence-electron chi connectivity index (χ4n) is 13.3. The van der Waals surface area contributed by atoms with E-state index in [0.29, 0.717) is 12.5 Å². The van der Waals surface area contributed by atoms with Gasteiger partial charge in [0.25, 0.3) is 0 Å². The van der Waals surface area contributed by atoms with Crippen molar-refractivity contribution >= 4 is 79.5 Å². The van der Waals surface area contributed by atoms with E-state index in [-0.39, 0.29) is 16.9 Å². The highest BCUT2D eigenvalue weighted by Gasteiger charge is 2.22. The van der Waals surface area contributed by atoms with Crippen molar-refractivity contribution in [1.82, 2.24) is 52.8 Å². The molecule has 20 nitrogen and oxygen atoms in total. The number of allylic oxidation sites excluding steroid dienone is 4. The molecule has 5 N–H and O–H groups in total. The number of aromatic nitrogens is 8. The minimum Gasteiger partial charge on any atom is -0.369 e. The molecule has 0 unspecified atom stereocenters. The number of carbonyl (C=O) groups excluding carboxylic acids is 1. The van der Waals surface area contributed by atoms with Crippen molar-refractivity contribution in [3.8, 4) is 22.5 Å². The Bertz CT molecular complexity index is 4650. The van der Waals surface area contributed by atoms with Crippen LogP contribution in [0.4, 0.5) is 51.2 Å². The third-order valence-corrected chi connectivity index (χ3v) is 18.7. The number of piperazine rings is 3. The molecule has 3 aliphatic heterocycles. The highest BCUT2D eigenvalue weighted by atomic mass is 16.1. The monoisotopic (exact) mass is 1280 g/mol. The number of benzene rings is 3. The van der Waals surface area contributed by atoms with Gasteiger partial charge < -0.3 is 45.5 Å². The van der Waals surface area contributed by atoms with Gasteiger partial charge in [-0.15, -0.1) is 0 Å². The van der Waals surface area contributed by atoms with Gasteiger partial charge in [0.1, 0.15) is 0 Å². The first-order chi connectivity index (χ1) is 46.9. The molecule has 3 fully saturated rings. The molecule has 492 valence electrons. The molecule has 20 heteroatoms. The number of fused-ring (bicyclic) bond motifs is 3. The summed E-state index contributed by atoms with van der Waals surface area (Å²) in [4.78, 5) is 69.1. The number of Topliss-reactive ketones (excluding diaryl/α,β-unsaturated/α-hetero) is 1. The Morgan fingerprint density at radius 3 is 1.26 bits per heavy atom. The number of rotatable bonds is 17. The first kappa shape index (κ1) is 64.2. The van der Waals surface area contributed by atoms with Crippen LogP contribution in [0.2, 0.25) is 0 Å². The molecule has 0 radical (unpaired) electrons. The van der Waals surface area contributed by atoms with Crippen LogP contribution < -0.4 is 41.8 Å². The lowest BCUT2D eigenvalue weighted by Gasteiger charge is -2.38. The quantitative estimate of drug-likeness (QED) is 0.0578. The molecule has 0 saturated carbocycles. The second-order valence-electron chi connectivity index (χ2n) is 25.1. The van der Waals surface area contributed by atoms with E-state index in [4.69, 9.17) is 0 Å². The third-order valence-electron chi connectivity index (χ3n) is 18.7. The topological polar surface area (TPSA) is 190 Å². The number of pyridine rings is 5. The first-order valence-electron chi connectivity index (χ1n) is 33.6. The van der Waals surface area contributed by atoms with Gasteiger partial charge in [0.05, 0.1) is 34.1 Å². The highest BCUT2D eigenvalue weighted by Crippen LogP contribution is 2.34. The van der Waals surface area contributed by atoms with Crippen LogP contribution in [0.3, 0.4) is 0 Å². The normalized spacial score (nSPS) is 15.5. The number of likely N-dealkylation sites (N-methyl/N-ethyl adjacent to an activating group) is 1. The average Bonchev–Trinajstić information content (AvgIpc) is 1.56. The molecule has 1 aliphatic carbocycles. The van der Waals surface area contributed by atoms with Gasteiger partial charge >= 0.3 is 0 Å². The van der Waals surface area contributed by atoms with Gasteiger partial charge in [0.2, 0.25) is 11.1 Å². The van der Waals surface area contributed by atoms with Crippen LogP contribution in [0.1, 0.15) is 53.2 Å². The molecule has 11 heterocycles. The molecule has 11 aromatic rings. The summed E-state index contributed by atoms with van der Waals surface area (Å²) in [5.74, 6) is 0.131. The van der Waals surface area contributed by atoms with Crippen LogP contribution in [0.5, 0.6) is 0 Å². The Morgan fingerprint density at radius 1 is 0.490 bits per heavy atom. The number of hydrogen-bond acceptors (Lipinski definition) is 15. The van der Waals surface area contributed by atoms with Gasteiger partial charge in [-0.2, -0.15) is 0 Å². The Kier molecular flexibility index (Phi) is 19.7. The number of aromatic amines is 2. The van der Waals surface area contributed by atoms with E-state index in [1.165, 1.54) is 30.0 Å². The van der Waals surface area contributed by atoms with Crippen molar-refractivity contribution in [2.45, 2.75) is 53.5 Å². The van der Waals surface area contributed by atoms with Crippen molar-refractivity contribution < 1.29 is 4.79 Å². The van der Waals surface area contributed by atoms with E-state index in [0.717, 1.165) is 176 Å². The van der Waals surface area contributed by atoms with Crippen molar-refractivity contribution in [2.24, 2.45) is 0 Å². The first-order valence-corrected chi connectivity index (χ1v) is 33.6. The molecule has 8 aromatic heterocycles. The van der Waals surface area contributed by atoms with E-state index >= 15 is 0 Å². The Balaban J connectivity index is 0.000000130. The summed E-state index contributed by atoms with van der Waals surface area (Å²) in [7, 11) is 0. The maximum atomic E-state index is 11.7. The second-order valence-corrected chi connectivity index (χ2v) is 25.1. The van der Waals surface area contributed by atoms with Gasteiger partial charge in [-0.1, -0.05) is 19.9 Å². The number of H-pyrrole nitrogens is 2. The van der Waals surface area contributed by atoms with Crippen LogP contribution in [-0.4, -0.2) is 156 Å². The number of anilines is 9. The van der Waals surface area contributed by atoms with Crippen molar-refractivity contribution in [2.75, 3.05) is 122 Å². The molecule has 0 bridgehead atoms. The second kappa shape index (κ2) is 29.4. The lowest BCUT2D eigenvalue weighted by Crippen LogP contribution is -2.48. The maximum absolute atomic E-state index is 11.7. The Labute approximate surface area is 559 Å². The fourth-order valence-corrected chi connectivity index (χ4v) is 13.3. The zero-order valence-corrected chi connectivity index (χ0v) is 55.5. The van der Waals surface area contributed by atoms with Crippen LogP contribution in [0.25, 0.3) is 45.0 Å². The Hall–Kier alpha value is -10.5. The third kappa shape index (κ3) is 14.7. The van der Waals surface area contributed by atoms with Crippen LogP contribution in [0, 0.1) is 0 Å². The van der Waals surface area contributed by atoms with Gasteiger partial charge in [-0.3, -0.25) is 37.4 Å². The molecular formula is C76H85N17O3. The minimum atomic E-state index is -0.121. The summed E-state index contributed by atoms with van der Waals surface area (Å²) in [6, 6.07) is 45.7. The zero-order chi connectivity index (χ0) is 66.1. The molecule has 0 amide bonds. The zero-order valence-electron chi connectivity index (χ0n) is 55.5. The lowest BCUT2D eigenvalue weighted by molar-refractivity contribution is -0.113. The van der Waals surface area contributed by atoms with Crippen LogP contribution in [0.15, 0.2) is 210 Å². The summed E-state index contributed by atoms with van der Waals surface area (Å²) in [6.45, 7) is 26.1. The SMILES string of the molecule is CC(=O)C1=CC(c2ccc(Nc3ccc(N4CCN(C(C)C)CC4)cc3)c3nccn23)=CC1.CCCN1CCN(c2ccc(Nc3ccc(-c4cc[nH]c(=O)c4)n4ccnc34)cc2)CC1.CCN1CCN(c2ccc(Nc3ccc(-c4cc[nH]c(=O)c4)n4ccnc34)cc2)CC1. The highest BCUT2D eigenvalue weighted by molar-refractivity contribution is 5.99. The van der Waals surface area contributed by atoms with Gasteiger partial charge in [0, 0.05) is 192 Å². The average molecular weight is 1280 g/mol. The van der Waals surface area contributed by atoms with Gasteiger partial charge in [-0.05, 0) is 185 Å². The minimum absolute atomic E-state index is 0.121. The molecule has 0 spiro atoms. The Morgan fingerprint density at radius 2 is 0.885 bits per heavy atom. The van der Waals surface area contributed by atoms with E-state index in [1.807, 2.05) is 76.1 Å². The van der Waals surface area contributed by atoms with Crippen LogP contribution >= 0.6 is 0 Å². The number of ketones is 1. The van der Waals surface area contributed by atoms with Crippen molar-refractivity contribution in [3.63, 3.8) is 0 Å². The summed E-state index contributed by atoms with van der Waals surface area (Å²) in [5.41, 5.74) is 18.4. The molecule has 3 saturated heterocycles. The maximum Gasteiger partial charge on any atom is 0.248 e. The summed E-state index contributed by atoms with van der Waals surface area (Å²) in [6.07, 6.45) is 20.5. The summed E-state index contributed by atoms with van der Waals surface area (Å²) in [5, 5.41) is 10.5. The number of nitrogens with zero attached hydrogens (tertiary/aromatic N) is 12. The summed E-state index contributed by atoms with van der Waals surface area (Å²) >= 11 is 0. The number of imidazole rings is 3. The van der Waals surface area contributed by atoms with Gasteiger partial charge in [-0.25, -0.2) is 15.0 Å². The lowest BCUT2D eigenvalue weighted by atomic mass is 10.1. The van der Waals surface area contributed by atoms with E-state index < -0.39 is 0 Å². The predicted octanol–water partition coefficient (Wildman–Crippen LogP) is 12.5. The summed E-state index contributed by atoms with van der Waals surface area (Å²) < 4.78 is 6.08. The molecule has 0 atom stereocenters. The number of carbonyl (C=O) groups is 1. The van der Waals surface area contributed by atoms with Crippen molar-refractivity contribution in [1.29, 1.82) is 0 Å². The van der Waals surface area contributed by atoms with E-state index in [2.05, 4.69) is 193 Å². The molecular weight excluding hydrogens is 1200 g/mol. The number of hydrogen-bond donors (Lipinski definition) is 5. The van der Waals surface area contributed by atoms with E-state index in [1.54, 1.807) is 43.8 Å². The van der Waals surface area contributed by atoms with Crippen molar-refractivity contribution in [3.05, 3.63) is 227 Å². The number of nitrogens with one attached hydrogen (secondary N) is 5. The predicted molar refractivity (Wildman–Crippen MR) is 390 cm³/mol. The molecule has 4 aliphatic rings. The molecule has 3 aromatic carbocycles. The molecule has 15 rings (SSSR count). The fraction of sp³-hybridized carbons (Fsp3) is 0.289. The molecule has 96 heavy (non-hydrogen) atoms.